The first-order valence-electron chi connectivity index (χ1n) is 6.99. The van der Waals surface area contributed by atoms with Crippen molar-refractivity contribution in [3.63, 3.8) is 0 Å². The predicted molar refractivity (Wildman–Crippen MR) is 71.7 cm³/mol. The lowest BCUT2D eigenvalue weighted by molar-refractivity contribution is -0.286. The third-order valence-electron chi connectivity index (χ3n) is 3.55. The lowest BCUT2D eigenvalue weighted by Gasteiger charge is -2.20. The summed E-state index contributed by atoms with van der Waals surface area (Å²) in [6.07, 6.45) is 0.586. The van der Waals surface area contributed by atoms with E-state index >= 15 is 0 Å². The van der Waals surface area contributed by atoms with Gasteiger partial charge in [0.25, 0.3) is 0 Å². The quantitative estimate of drug-likeness (QED) is 0.864. The molecule has 7 heteroatoms. The Kier molecular flexibility index (Phi) is 3.57. The molecule has 114 valence electrons. The monoisotopic (exact) mass is 298 g/mol. The van der Waals surface area contributed by atoms with E-state index in [1.165, 1.54) is 18.2 Å². The first kappa shape index (κ1) is 13.9. The number of fused-ring (bicyclic) bond motifs is 1. The molecule has 2 heterocycles. The van der Waals surface area contributed by atoms with Crippen LogP contribution in [0.2, 0.25) is 0 Å². The van der Waals surface area contributed by atoms with Gasteiger partial charge in [-0.15, -0.1) is 8.78 Å². The van der Waals surface area contributed by atoms with Crippen LogP contribution in [0.15, 0.2) is 18.2 Å². The van der Waals surface area contributed by atoms with Gasteiger partial charge in [0.2, 0.25) is 0 Å². The highest BCUT2D eigenvalue weighted by Crippen LogP contribution is 2.42. The van der Waals surface area contributed by atoms with Crippen LogP contribution >= 0.6 is 0 Å². The Morgan fingerprint density at radius 1 is 1.10 bits per heavy atom. The standard InChI is InChI=1S/C14H16F2N2O3/c15-14(16)20-11-6-5-10(9-12(11)21-14)17-13(19)18-7-3-1-2-4-8-18/h5-6,9H,1-4,7-8H2,(H,17,19). The summed E-state index contributed by atoms with van der Waals surface area (Å²) in [5, 5.41) is 2.70. The molecule has 2 amide bonds. The second-order valence-corrected chi connectivity index (χ2v) is 5.16. The molecule has 0 atom stereocenters. The molecule has 2 aliphatic rings. The Balaban J connectivity index is 1.67. The molecule has 0 radical (unpaired) electrons. The van der Waals surface area contributed by atoms with Crippen LogP contribution in [-0.2, 0) is 0 Å². The highest BCUT2D eigenvalue weighted by Gasteiger charge is 2.43. The largest absolute Gasteiger partial charge is 0.586 e. The summed E-state index contributed by atoms with van der Waals surface area (Å²) < 4.78 is 34.5. The van der Waals surface area contributed by atoms with E-state index in [1.807, 2.05) is 0 Å². The predicted octanol–water partition coefficient (Wildman–Crippen LogP) is 3.42. The number of likely N-dealkylation sites (tertiary alicyclic amines) is 1. The van der Waals surface area contributed by atoms with Crippen molar-refractivity contribution in [2.75, 3.05) is 18.4 Å². The van der Waals surface area contributed by atoms with Gasteiger partial charge in [0.05, 0.1) is 0 Å². The maximum atomic E-state index is 12.9. The van der Waals surface area contributed by atoms with Crippen molar-refractivity contribution in [3.8, 4) is 11.5 Å². The van der Waals surface area contributed by atoms with Crippen LogP contribution in [0.5, 0.6) is 11.5 Å². The van der Waals surface area contributed by atoms with Gasteiger partial charge < -0.3 is 19.7 Å². The van der Waals surface area contributed by atoms with E-state index < -0.39 is 6.29 Å². The average molecular weight is 298 g/mol. The molecule has 3 rings (SSSR count). The Morgan fingerprint density at radius 2 is 1.76 bits per heavy atom. The number of hydrogen-bond acceptors (Lipinski definition) is 3. The molecular formula is C14H16F2N2O3. The van der Waals surface area contributed by atoms with Gasteiger partial charge in [-0.25, -0.2) is 4.79 Å². The maximum Gasteiger partial charge on any atom is 0.586 e. The van der Waals surface area contributed by atoms with Gasteiger partial charge in [-0.05, 0) is 25.0 Å². The Bertz CT molecular complexity index is 543. The third-order valence-corrected chi connectivity index (χ3v) is 3.55. The number of hydrogen-bond donors (Lipinski definition) is 1. The SMILES string of the molecule is O=C(Nc1ccc2c(c1)OC(F)(F)O2)N1CCCCCC1. The fourth-order valence-electron chi connectivity index (χ4n) is 2.50. The minimum atomic E-state index is -3.64. The molecule has 1 aromatic carbocycles. The summed E-state index contributed by atoms with van der Waals surface area (Å²) in [4.78, 5) is 13.9. The van der Waals surface area contributed by atoms with Crippen molar-refractivity contribution < 1.29 is 23.0 Å². The van der Waals surface area contributed by atoms with Crippen LogP contribution in [0.3, 0.4) is 0 Å². The lowest BCUT2D eigenvalue weighted by atomic mass is 10.2. The van der Waals surface area contributed by atoms with E-state index in [9.17, 15) is 13.6 Å². The number of carbonyl (C=O) groups is 1. The molecule has 1 aromatic rings. The van der Waals surface area contributed by atoms with Crippen LogP contribution < -0.4 is 14.8 Å². The Hall–Kier alpha value is -2.05. The summed E-state index contributed by atoms with van der Waals surface area (Å²) in [6, 6.07) is 3.99. The first-order chi connectivity index (χ1) is 10.0. The molecule has 0 unspecified atom stereocenters. The number of carbonyl (C=O) groups excluding carboxylic acids is 1. The zero-order valence-electron chi connectivity index (χ0n) is 11.4. The van der Waals surface area contributed by atoms with Crippen LogP contribution in [0.4, 0.5) is 19.3 Å². The normalized spacial score (nSPS) is 20.0. The molecule has 0 spiro atoms. The molecule has 5 nitrogen and oxygen atoms in total. The number of anilines is 1. The fourth-order valence-corrected chi connectivity index (χ4v) is 2.50. The summed E-state index contributed by atoms with van der Waals surface area (Å²) in [7, 11) is 0. The third kappa shape index (κ3) is 3.17. The zero-order chi connectivity index (χ0) is 14.9. The minimum Gasteiger partial charge on any atom is -0.395 e. The molecule has 2 aliphatic heterocycles. The van der Waals surface area contributed by atoms with Crippen molar-refractivity contribution >= 4 is 11.7 Å². The molecule has 0 aromatic heterocycles. The van der Waals surface area contributed by atoms with E-state index in [0.717, 1.165) is 25.7 Å². The second-order valence-electron chi connectivity index (χ2n) is 5.16. The highest BCUT2D eigenvalue weighted by atomic mass is 19.3. The lowest BCUT2D eigenvalue weighted by Crippen LogP contribution is -2.35. The van der Waals surface area contributed by atoms with E-state index in [1.54, 1.807) is 4.90 Å². The van der Waals surface area contributed by atoms with Crippen LogP contribution in [0, 0.1) is 0 Å². The number of ether oxygens (including phenoxy) is 2. The second kappa shape index (κ2) is 5.38. The molecule has 1 N–H and O–H groups in total. The van der Waals surface area contributed by atoms with Gasteiger partial charge in [0.15, 0.2) is 11.5 Å². The van der Waals surface area contributed by atoms with E-state index in [2.05, 4.69) is 14.8 Å². The summed E-state index contributed by atoms with van der Waals surface area (Å²) >= 11 is 0. The Morgan fingerprint density at radius 3 is 2.48 bits per heavy atom. The van der Waals surface area contributed by atoms with Crippen molar-refractivity contribution in [1.29, 1.82) is 0 Å². The van der Waals surface area contributed by atoms with Gasteiger partial charge in [-0.1, -0.05) is 12.8 Å². The van der Waals surface area contributed by atoms with E-state index in [-0.39, 0.29) is 17.5 Å². The molecule has 0 saturated carbocycles. The molecule has 0 aliphatic carbocycles. The van der Waals surface area contributed by atoms with Crippen molar-refractivity contribution in [2.24, 2.45) is 0 Å². The number of urea groups is 1. The zero-order valence-corrected chi connectivity index (χ0v) is 11.4. The number of nitrogens with zero attached hydrogens (tertiary/aromatic N) is 1. The summed E-state index contributed by atoms with van der Waals surface area (Å²) in [6.45, 7) is 1.43. The Labute approximate surface area is 120 Å². The smallest absolute Gasteiger partial charge is 0.395 e. The number of halogens is 2. The van der Waals surface area contributed by atoms with Crippen LogP contribution in [-0.4, -0.2) is 30.3 Å². The molecule has 1 fully saturated rings. The molecular weight excluding hydrogens is 282 g/mol. The van der Waals surface area contributed by atoms with Gasteiger partial charge >= 0.3 is 12.3 Å². The fraction of sp³-hybridized carbons (Fsp3) is 0.500. The minimum absolute atomic E-state index is 0.0345. The van der Waals surface area contributed by atoms with E-state index in [0.29, 0.717) is 18.8 Å². The van der Waals surface area contributed by atoms with Crippen molar-refractivity contribution in [1.82, 2.24) is 4.90 Å². The molecule has 21 heavy (non-hydrogen) atoms. The topological polar surface area (TPSA) is 50.8 Å². The first-order valence-corrected chi connectivity index (χ1v) is 6.99. The highest BCUT2D eigenvalue weighted by molar-refractivity contribution is 5.89. The van der Waals surface area contributed by atoms with Crippen molar-refractivity contribution in [2.45, 2.75) is 32.0 Å². The van der Waals surface area contributed by atoms with Crippen molar-refractivity contribution in [3.05, 3.63) is 18.2 Å². The van der Waals surface area contributed by atoms with E-state index in [4.69, 9.17) is 0 Å². The number of alkyl halides is 2. The summed E-state index contributed by atoms with van der Waals surface area (Å²) in [5.41, 5.74) is 0.407. The molecule has 1 saturated heterocycles. The van der Waals surface area contributed by atoms with Gasteiger partial charge in [-0.2, -0.15) is 0 Å². The number of benzene rings is 1. The van der Waals surface area contributed by atoms with Crippen LogP contribution in [0.1, 0.15) is 25.7 Å². The van der Waals surface area contributed by atoms with Gasteiger partial charge in [0.1, 0.15) is 0 Å². The van der Waals surface area contributed by atoms with Gasteiger partial charge in [0, 0.05) is 24.8 Å². The summed E-state index contributed by atoms with van der Waals surface area (Å²) in [5.74, 6) is -0.110. The van der Waals surface area contributed by atoms with Gasteiger partial charge in [-0.3, -0.25) is 0 Å². The van der Waals surface area contributed by atoms with Crippen LogP contribution in [0.25, 0.3) is 0 Å². The maximum absolute atomic E-state index is 12.9. The number of amides is 2. The molecule has 0 bridgehead atoms. The number of nitrogens with one attached hydrogen (secondary N) is 1. The number of rotatable bonds is 1. The average Bonchev–Trinajstić information content (AvgIpc) is 2.62.